The summed E-state index contributed by atoms with van der Waals surface area (Å²) in [4.78, 5) is 0. The average Bonchev–Trinajstić information content (AvgIpc) is 0.881. The fourth-order valence-electron chi connectivity index (χ4n) is 8.86. The number of hydrogen-bond donors (Lipinski definition) is 5. The van der Waals surface area contributed by atoms with Gasteiger partial charge in [-0.15, -0.1) is 0 Å². The molecule has 5 atom stereocenters. The molecular weight excluding hydrogens is 1410 g/mol. The van der Waals surface area contributed by atoms with Crippen molar-refractivity contribution in [1.29, 1.82) is 0 Å². The van der Waals surface area contributed by atoms with Crippen molar-refractivity contribution in [2.75, 3.05) is 273 Å². The predicted molar refractivity (Wildman–Crippen MR) is 411 cm³/mol. The quantitative estimate of drug-likeness (QED) is 0.0203. The number of rotatable bonds is 69. The number of phenolic OH excluding ortho intramolecular Hbond substituents is 5. The van der Waals surface area contributed by atoms with Crippen LogP contribution in [0.1, 0.15) is 56.4 Å². The summed E-state index contributed by atoms with van der Waals surface area (Å²) in [6, 6.07) is 23.0. The highest BCUT2D eigenvalue weighted by Crippen LogP contribution is 2.25. The highest BCUT2D eigenvalue weighted by atomic mass is 16.6. The van der Waals surface area contributed by atoms with E-state index >= 15 is 0 Å². The Morgan fingerprint density at radius 3 is 0.759 bits per heavy atom. The van der Waals surface area contributed by atoms with E-state index in [-0.39, 0.29) is 65.0 Å². The normalized spacial score (nSPS) is 13.3. The topological polar surface area (TPSA) is 313 Å². The van der Waals surface area contributed by atoms with Crippen LogP contribution in [0.5, 0.6) is 34.5 Å². The summed E-state index contributed by atoms with van der Waals surface area (Å²) in [5.41, 5.74) is 3.44. The van der Waals surface area contributed by atoms with Gasteiger partial charge in [0, 0.05) is 65.6 Å². The minimum Gasteiger partial charge on any atom is -0.508 e. The minimum atomic E-state index is -0.129. The van der Waals surface area contributed by atoms with E-state index in [4.69, 9.17) is 114 Å². The van der Waals surface area contributed by atoms with Crippen LogP contribution in [-0.2, 0) is 104 Å². The van der Waals surface area contributed by atoms with Crippen LogP contribution >= 0.6 is 0 Å². The first-order valence-corrected chi connectivity index (χ1v) is 37.0. The molecule has 4 aromatic carbocycles. The maximum absolute atomic E-state index is 9.51. The van der Waals surface area contributed by atoms with Crippen molar-refractivity contribution in [2.45, 2.75) is 58.5 Å². The van der Waals surface area contributed by atoms with E-state index in [1.165, 1.54) is 6.07 Å². The minimum absolute atomic E-state index is 0.0129. The number of phenols is 5. The Balaban J connectivity index is 0.000000896. The second kappa shape index (κ2) is 70.4. The zero-order chi connectivity index (χ0) is 78.4. The first kappa shape index (κ1) is 98.4. The summed E-state index contributed by atoms with van der Waals surface area (Å²) >= 11 is 0. The van der Waals surface area contributed by atoms with E-state index in [1.54, 1.807) is 102 Å². The number of aromatic hydroxyl groups is 5. The van der Waals surface area contributed by atoms with Crippen LogP contribution < -0.4 is 4.74 Å². The monoisotopic (exact) mass is 1540 g/mol. The van der Waals surface area contributed by atoms with Crippen molar-refractivity contribution < 1.29 is 134 Å². The Morgan fingerprint density at radius 1 is 0.241 bits per heavy atom. The van der Waals surface area contributed by atoms with Gasteiger partial charge in [0.2, 0.25) is 0 Å². The molecule has 0 fully saturated rings. The molecule has 0 aliphatic carbocycles. The SMILES string of the molecule is COCCOCCOCCOCC(C)OCC(COCCCOCC(COC(C)COCCOCCOCCOC)CO[C@H](C)COCCOCCOCCOC)COC(C)COCCOCCOCCOC.COc1cc(O)cc(/C=C/c2ccc(O)cc2)c1.Oc1ccc(/C=C/c2cc(O)cc(O)c2)cc1. The fraction of sp³-hybridized carbons (Fsp3) is 0.650. The van der Waals surface area contributed by atoms with Gasteiger partial charge in [-0.25, -0.2) is 0 Å². The molecule has 108 heavy (non-hydrogen) atoms. The molecule has 4 unspecified atom stereocenters. The zero-order valence-corrected chi connectivity index (χ0v) is 65.6. The van der Waals surface area contributed by atoms with Crippen LogP contribution in [0.4, 0.5) is 0 Å². The molecule has 0 spiro atoms. The Labute approximate surface area is 641 Å². The Morgan fingerprint density at radius 2 is 0.481 bits per heavy atom. The van der Waals surface area contributed by atoms with Gasteiger partial charge >= 0.3 is 0 Å². The van der Waals surface area contributed by atoms with E-state index in [2.05, 4.69) is 0 Å². The number of ether oxygens (including phenoxy) is 23. The molecule has 0 heterocycles. The molecule has 0 aliphatic rings. The van der Waals surface area contributed by atoms with Crippen LogP contribution in [-0.4, -0.2) is 323 Å². The van der Waals surface area contributed by atoms with Crippen LogP contribution in [0.2, 0.25) is 0 Å². The van der Waals surface area contributed by atoms with Crippen molar-refractivity contribution in [3.05, 3.63) is 107 Å². The summed E-state index contributed by atoms with van der Waals surface area (Å²) in [6.07, 6.45) is 7.55. The highest BCUT2D eigenvalue weighted by Gasteiger charge is 2.18. The third-order valence-corrected chi connectivity index (χ3v) is 14.7. The first-order valence-electron chi connectivity index (χ1n) is 37.0. The van der Waals surface area contributed by atoms with Crippen molar-refractivity contribution >= 4 is 24.3 Å². The second-order valence-corrected chi connectivity index (χ2v) is 24.6. The van der Waals surface area contributed by atoms with E-state index in [9.17, 15) is 20.4 Å². The molecule has 4 rings (SSSR count). The Kier molecular flexibility index (Phi) is 64.1. The molecule has 0 bridgehead atoms. The highest BCUT2D eigenvalue weighted by molar-refractivity contribution is 5.72. The maximum Gasteiger partial charge on any atom is 0.123 e. The van der Waals surface area contributed by atoms with Gasteiger partial charge in [0.15, 0.2) is 0 Å². The average molecular weight is 1540 g/mol. The Hall–Kier alpha value is -5.72. The molecule has 0 saturated heterocycles. The van der Waals surface area contributed by atoms with E-state index < -0.39 is 0 Å². The summed E-state index contributed by atoms with van der Waals surface area (Å²) in [5, 5.41) is 46.4. The molecule has 0 saturated carbocycles. The third kappa shape index (κ3) is 60.1. The molecule has 0 aromatic heterocycles. The van der Waals surface area contributed by atoms with Crippen LogP contribution in [0.25, 0.3) is 24.3 Å². The smallest absolute Gasteiger partial charge is 0.123 e. The number of benzene rings is 4. The standard InChI is InChI=1S/C51H104O22.C15H14O3.C14H12O3/c1-46(36-66-32-28-60-24-20-56-16-12-52-5)70-42-50(43-71-47(2)37-67-33-29-61-25-21-57-17-13-53-6)40-64-10-9-11-65-41-51(44-72-48(3)38-68-34-30-62-26-22-58-18-14-54-7)45-73-49(4)39-69-35-31-63-27-23-59-19-15-55-8;1-18-15-9-12(8-14(17)10-15)3-2-11-4-6-13(16)7-5-11;15-12-5-3-10(4-6-12)1-2-11-7-13(16)9-14(17)8-11/h46-51H,9-45H2,1-8H3;2-10,16-17H,1H3;1-9,15-17H/b;3-2+;2-1+/t46-,47?,48?,49?,50?,51?;;/m1../s1. The number of hydrogen-bond acceptors (Lipinski definition) is 28. The van der Waals surface area contributed by atoms with Crippen LogP contribution in [0, 0.1) is 11.8 Å². The van der Waals surface area contributed by atoms with E-state index in [0.717, 1.165) is 16.7 Å². The van der Waals surface area contributed by atoms with Crippen molar-refractivity contribution in [1.82, 2.24) is 0 Å². The van der Waals surface area contributed by atoms with Gasteiger partial charge in [-0.2, -0.15) is 0 Å². The van der Waals surface area contributed by atoms with Crippen molar-refractivity contribution in [3.63, 3.8) is 0 Å². The van der Waals surface area contributed by atoms with Gasteiger partial charge in [0.05, 0.1) is 256 Å². The lowest BCUT2D eigenvalue weighted by Gasteiger charge is -2.23. The third-order valence-electron chi connectivity index (χ3n) is 14.7. The van der Waals surface area contributed by atoms with Gasteiger partial charge in [0.25, 0.3) is 0 Å². The zero-order valence-electron chi connectivity index (χ0n) is 65.6. The van der Waals surface area contributed by atoms with Gasteiger partial charge in [-0.1, -0.05) is 48.6 Å². The summed E-state index contributed by atoms with van der Waals surface area (Å²) < 4.78 is 129. The summed E-state index contributed by atoms with van der Waals surface area (Å²) in [6.45, 7) is 25.7. The molecule has 28 nitrogen and oxygen atoms in total. The van der Waals surface area contributed by atoms with Gasteiger partial charge in [0.1, 0.15) is 34.5 Å². The lowest BCUT2D eigenvalue weighted by Crippen LogP contribution is -2.29. The second-order valence-electron chi connectivity index (χ2n) is 24.6. The molecule has 0 radical (unpaired) electrons. The molecule has 4 aromatic rings. The molecule has 0 amide bonds. The maximum atomic E-state index is 9.51. The molecule has 618 valence electrons. The first-order chi connectivity index (χ1) is 52.7. The summed E-state index contributed by atoms with van der Waals surface area (Å²) in [5.74, 6) is 1.26. The lowest BCUT2D eigenvalue weighted by atomic mass is 10.1. The molecule has 28 heteroatoms. The van der Waals surface area contributed by atoms with E-state index in [1.807, 2.05) is 64.1 Å². The molecule has 0 aliphatic heterocycles. The predicted octanol–water partition coefficient (Wildman–Crippen LogP) is 9.30. The van der Waals surface area contributed by atoms with Crippen molar-refractivity contribution in [3.8, 4) is 34.5 Å². The molecular formula is C80H130O28. The van der Waals surface area contributed by atoms with Gasteiger partial charge in [-0.3, -0.25) is 0 Å². The lowest BCUT2D eigenvalue weighted by molar-refractivity contribution is -0.0811. The van der Waals surface area contributed by atoms with Crippen molar-refractivity contribution in [2.24, 2.45) is 11.8 Å². The fourth-order valence-corrected chi connectivity index (χ4v) is 8.86. The van der Waals surface area contributed by atoms with Crippen LogP contribution in [0.3, 0.4) is 0 Å². The number of methoxy groups -OCH3 is 5. The summed E-state index contributed by atoms with van der Waals surface area (Å²) in [7, 11) is 8.14. The van der Waals surface area contributed by atoms with Crippen LogP contribution in [0.15, 0.2) is 84.9 Å². The largest absolute Gasteiger partial charge is 0.508 e. The Bertz CT molecular complexity index is 2530. The van der Waals surface area contributed by atoms with Gasteiger partial charge in [-0.05, 0) is 105 Å². The molecule has 5 N–H and O–H groups in total. The van der Waals surface area contributed by atoms with Gasteiger partial charge < -0.3 is 134 Å². The van der Waals surface area contributed by atoms with E-state index in [0.29, 0.717) is 256 Å².